The zero-order chi connectivity index (χ0) is 20.5. The fourth-order valence-corrected chi connectivity index (χ4v) is 4.94. The van der Waals surface area contributed by atoms with Gasteiger partial charge in [-0.15, -0.1) is 0 Å². The van der Waals surface area contributed by atoms with Crippen LogP contribution in [0.2, 0.25) is 0 Å². The van der Waals surface area contributed by atoms with E-state index in [0.29, 0.717) is 32.1 Å². The van der Waals surface area contributed by atoms with Gasteiger partial charge in [-0.25, -0.2) is 13.4 Å². The molecular weight excluding hydrogens is 386 g/mol. The molecule has 6 nitrogen and oxygen atoms in total. The van der Waals surface area contributed by atoms with Crippen LogP contribution in [0.4, 0.5) is 0 Å². The van der Waals surface area contributed by atoms with Crippen LogP contribution in [-0.2, 0) is 34.3 Å². The third-order valence-electron chi connectivity index (χ3n) is 4.71. The van der Waals surface area contributed by atoms with E-state index in [-0.39, 0.29) is 17.5 Å². The zero-order valence-corrected chi connectivity index (χ0v) is 17.6. The van der Waals surface area contributed by atoms with Gasteiger partial charge in [0.05, 0.1) is 31.3 Å². The van der Waals surface area contributed by atoms with E-state index in [2.05, 4.69) is 33.8 Å². The Bertz CT molecular complexity index is 914. The molecule has 1 heterocycles. The number of rotatable bonds is 8. The van der Waals surface area contributed by atoms with Gasteiger partial charge in [0.2, 0.25) is 0 Å². The normalized spacial score (nSPS) is 18.5. The molecule has 1 saturated heterocycles. The number of hydrogen-bond acceptors (Lipinski definition) is 4. The number of benzene rings is 2. The Hall–Kier alpha value is -2.38. The van der Waals surface area contributed by atoms with Crippen molar-refractivity contribution in [2.45, 2.75) is 39.1 Å². The molecule has 0 aliphatic carbocycles. The van der Waals surface area contributed by atoms with Crippen LogP contribution in [-0.4, -0.2) is 38.5 Å². The standard InChI is InChI=1S/C22H29N3O3S/c1-2-23-22(25-21-11-12-29(26,27)17-21)24-14-19-9-6-10-20(13-19)16-28-15-18-7-4-3-5-8-18/h3-10,13,21H,2,11-12,14-17H2,1H3,(H2,23,24,25). The average molecular weight is 416 g/mol. The number of hydrogen-bond donors (Lipinski definition) is 2. The maximum absolute atomic E-state index is 11.7. The maximum atomic E-state index is 11.7. The summed E-state index contributed by atoms with van der Waals surface area (Å²) in [6.45, 7) is 4.36. The van der Waals surface area contributed by atoms with Gasteiger partial charge < -0.3 is 15.4 Å². The second-order valence-electron chi connectivity index (χ2n) is 7.24. The van der Waals surface area contributed by atoms with Gasteiger partial charge in [0.15, 0.2) is 15.8 Å². The Labute approximate surface area is 173 Å². The molecule has 0 saturated carbocycles. The van der Waals surface area contributed by atoms with Gasteiger partial charge in [-0.2, -0.15) is 0 Å². The quantitative estimate of drug-likeness (QED) is 0.512. The van der Waals surface area contributed by atoms with Crippen LogP contribution in [0, 0.1) is 0 Å². The molecule has 0 bridgehead atoms. The molecule has 1 fully saturated rings. The van der Waals surface area contributed by atoms with Crippen molar-refractivity contribution in [1.29, 1.82) is 0 Å². The molecule has 7 heteroatoms. The van der Waals surface area contributed by atoms with Gasteiger partial charge in [-0.3, -0.25) is 0 Å². The number of ether oxygens (including phenoxy) is 1. The minimum atomic E-state index is -2.92. The molecule has 0 radical (unpaired) electrons. The fourth-order valence-electron chi connectivity index (χ4n) is 3.27. The monoisotopic (exact) mass is 415 g/mol. The fraction of sp³-hybridized carbons (Fsp3) is 0.409. The molecule has 0 spiro atoms. The van der Waals surface area contributed by atoms with Crippen molar-refractivity contribution in [2.75, 3.05) is 18.1 Å². The summed E-state index contributed by atoms with van der Waals surface area (Å²) in [5.74, 6) is 1.07. The predicted molar refractivity (Wildman–Crippen MR) is 116 cm³/mol. The third-order valence-corrected chi connectivity index (χ3v) is 6.48. The predicted octanol–water partition coefficient (Wildman–Crippen LogP) is 2.65. The van der Waals surface area contributed by atoms with Gasteiger partial charge in [0.1, 0.15) is 0 Å². The zero-order valence-electron chi connectivity index (χ0n) is 16.8. The molecule has 2 N–H and O–H groups in total. The van der Waals surface area contributed by atoms with Crippen molar-refractivity contribution >= 4 is 15.8 Å². The van der Waals surface area contributed by atoms with E-state index >= 15 is 0 Å². The van der Waals surface area contributed by atoms with Gasteiger partial charge in [0.25, 0.3) is 0 Å². The Morgan fingerprint density at radius 3 is 2.52 bits per heavy atom. The minimum Gasteiger partial charge on any atom is -0.372 e. The molecule has 2 aromatic rings. The summed E-state index contributed by atoms with van der Waals surface area (Å²) in [7, 11) is -2.92. The highest BCUT2D eigenvalue weighted by Gasteiger charge is 2.28. The first-order valence-corrected chi connectivity index (χ1v) is 11.8. The van der Waals surface area contributed by atoms with Crippen molar-refractivity contribution in [3.63, 3.8) is 0 Å². The minimum absolute atomic E-state index is 0.0736. The molecule has 1 aliphatic heterocycles. The summed E-state index contributed by atoms with van der Waals surface area (Å²) in [4.78, 5) is 4.62. The smallest absolute Gasteiger partial charge is 0.191 e. The van der Waals surface area contributed by atoms with E-state index in [1.54, 1.807) is 0 Å². The summed E-state index contributed by atoms with van der Waals surface area (Å²) in [5.41, 5.74) is 3.35. The Morgan fingerprint density at radius 1 is 1.07 bits per heavy atom. The third kappa shape index (κ3) is 7.18. The summed E-state index contributed by atoms with van der Waals surface area (Å²) < 4.78 is 29.1. The molecule has 3 rings (SSSR count). The van der Waals surface area contributed by atoms with Crippen LogP contribution in [0.5, 0.6) is 0 Å². The SMILES string of the molecule is CCNC(=NCc1cccc(COCc2ccccc2)c1)NC1CCS(=O)(=O)C1. The van der Waals surface area contributed by atoms with Crippen LogP contribution in [0.15, 0.2) is 59.6 Å². The summed E-state index contributed by atoms with van der Waals surface area (Å²) in [6.07, 6.45) is 0.626. The van der Waals surface area contributed by atoms with Crippen LogP contribution in [0.3, 0.4) is 0 Å². The molecule has 1 unspecified atom stereocenters. The number of guanidine groups is 1. The van der Waals surface area contributed by atoms with E-state index < -0.39 is 9.84 Å². The highest BCUT2D eigenvalue weighted by molar-refractivity contribution is 7.91. The number of sulfone groups is 1. The number of aliphatic imine (C=N–C) groups is 1. The number of nitrogens with zero attached hydrogens (tertiary/aromatic N) is 1. The van der Waals surface area contributed by atoms with Crippen molar-refractivity contribution in [2.24, 2.45) is 4.99 Å². The van der Waals surface area contributed by atoms with Crippen molar-refractivity contribution in [3.8, 4) is 0 Å². The van der Waals surface area contributed by atoms with Crippen molar-refractivity contribution < 1.29 is 13.2 Å². The molecule has 0 aromatic heterocycles. The van der Waals surface area contributed by atoms with Crippen LogP contribution in [0.1, 0.15) is 30.0 Å². The first-order chi connectivity index (χ1) is 14.0. The van der Waals surface area contributed by atoms with Crippen molar-refractivity contribution in [1.82, 2.24) is 10.6 Å². The summed E-state index contributed by atoms with van der Waals surface area (Å²) in [5, 5.41) is 6.44. The molecule has 29 heavy (non-hydrogen) atoms. The maximum Gasteiger partial charge on any atom is 0.191 e. The lowest BCUT2D eigenvalue weighted by Gasteiger charge is -2.16. The van der Waals surface area contributed by atoms with E-state index in [9.17, 15) is 8.42 Å². The topological polar surface area (TPSA) is 79.8 Å². The van der Waals surface area contributed by atoms with Gasteiger partial charge in [0, 0.05) is 12.6 Å². The second kappa shape index (κ2) is 10.4. The lowest BCUT2D eigenvalue weighted by molar-refractivity contribution is 0.107. The lowest BCUT2D eigenvalue weighted by atomic mass is 10.1. The van der Waals surface area contributed by atoms with Gasteiger partial charge >= 0.3 is 0 Å². The van der Waals surface area contributed by atoms with Crippen LogP contribution in [0.25, 0.3) is 0 Å². The van der Waals surface area contributed by atoms with Gasteiger partial charge in [-0.1, -0.05) is 54.6 Å². The molecule has 0 amide bonds. The number of nitrogens with one attached hydrogen (secondary N) is 2. The Kier molecular flexibility index (Phi) is 7.66. The molecular formula is C22H29N3O3S. The lowest BCUT2D eigenvalue weighted by Crippen LogP contribution is -2.44. The highest BCUT2D eigenvalue weighted by atomic mass is 32.2. The average Bonchev–Trinajstić information content (AvgIpc) is 3.06. The molecule has 1 aliphatic rings. The Morgan fingerprint density at radius 2 is 1.79 bits per heavy atom. The van der Waals surface area contributed by atoms with Crippen molar-refractivity contribution in [3.05, 3.63) is 71.3 Å². The summed E-state index contributed by atoms with van der Waals surface area (Å²) >= 11 is 0. The van der Waals surface area contributed by atoms with E-state index in [1.165, 1.54) is 0 Å². The first-order valence-electron chi connectivity index (χ1n) is 9.99. The van der Waals surface area contributed by atoms with E-state index in [1.807, 2.05) is 43.3 Å². The van der Waals surface area contributed by atoms with Gasteiger partial charge in [-0.05, 0) is 30.0 Å². The van der Waals surface area contributed by atoms with Crippen LogP contribution >= 0.6 is 0 Å². The molecule has 2 aromatic carbocycles. The van der Waals surface area contributed by atoms with E-state index in [4.69, 9.17) is 4.74 Å². The molecule has 1 atom stereocenters. The largest absolute Gasteiger partial charge is 0.372 e. The molecule has 156 valence electrons. The van der Waals surface area contributed by atoms with E-state index in [0.717, 1.165) is 23.2 Å². The Balaban J connectivity index is 1.54. The highest BCUT2D eigenvalue weighted by Crippen LogP contribution is 2.12. The second-order valence-corrected chi connectivity index (χ2v) is 9.47. The summed E-state index contributed by atoms with van der Waals surface area (Å²) in [6, 6.07) is 18.2. The first kappa shape index (κ1) is 21.3. The van der Waals surface area contributed by atoms with Crippen LogP contribution < -0.4 is 10.6 Å².